The Kier molecular flexibility index (Phi) is 4.80. The molecule has 1 N–H and O–H groups in total. The molecule has 2 rings (SSSR count). The monoisotopic (exact) mass is 293 g/mol. The van der Waals surface area contributed by atoms with Crippen LogP contribution in [0.2, 0.25) is 0 Å². The highest BCUT2D eigenvalue weighted by Crippen LogP contribution is 2.41. The van der Waals surface area contributed by atoms with Gasteiger partial charge in [-0.2, -0.15) is 0 Å². The van der Waals surface area contributed by atoms with E-state index in [1.807, 2.05) is 6.92 Å². The molecule has 0 spiro atoms. The van der Waals surface area contributed by atoms with Gasteiger partial charge in [-0.15, -0.1) is 0 Å². The number of fused-ring (bicyclic) bond motifs is 1. The number of Topliss-reactive ketones (excluding diaryl/α,β-unsaturated/α-hetero) is 1. The van der Waals surface area contributed by atoms with E-state index in [-0.39, 0.29) is 31.4 Å². The van der Waals surface area contributed by atoms with Crippen LogP contribution in [-0.2, 0) is 16.2 Å². The summed E-state index contributed by atoms with van der Waals surface area (Å²) in [4.78, 5) is 24.7. The summed E-state index contributed by atoms with van der Waals surface area (Å²) in [5, 5.41) is 9.36. The first kappa shape index (κ1) is 15.3. The Morgan fingerprint density at radius 1 is 1.48 bits per heavy atom. The third kappa shape index (κ3) is 3.33. The number of anilines is 1. The maximum atomic E-state index is 12.0. The summed E-state index contributed by atoms with van der Waals surface area (Å²) >= 11 is 0. The molecule has 21 heavy (non-hydrogen) atoms. The average molecular weight is 293 g/mol. The minimum atomic E-state index is -0.283. The van der Waals surface area contributed by atoms with E-state index < -0.39 is 0 Å². The number of hydrogen-bond acceptors (Lipinski definition) is 5. The van der Waals surface area contributed by atoms with Crippen LogP contribution in [0.3, 0.4) is 0 Å². The van der Waals surface area contributed by atoms with Crippen LogP contribution >= 0.6 is 0 Å². The summed E-state index contributed by atoms with van der Waals surface area (Å²) in [5.41, 5.74) is 1.07. The van der Waals surface area contributed by atoms with E-state index in [1.54, 1.807) is 12.1 Å². The number of ketones is 1. The highest BCUT2D eigenvalue weighted by molar-refractivity contribution is 6.02. The number of aliphatic hydroxyl groups excluding tert-OH is 1. The molecule has 0 unspecified atom stereocenters. The third-order valence-corrected chi connectivity index (χ3v) is 3.05. The lowest BCUT2D eigenvalue weighted by Crippen LogP contribution is -2.41. The Balaban J connectivity index is 2.46. The van der Waals surface area contributed by atoms with Crippen molar-refractivity contribution in [2.24, 2.45) is 0 Å². The fourth-order valence-electron chi connectivity index (χ4n) is 2.14. The van der Waals surface area contributed by atoms with Gasteiger partial charge < -0.3 is 14.6 Å². The van der Waals surface area contributed by atoms with Gasteiger partial charge in [-0.25, -0.2) is 0 Å². The van der Waals surface area contributed by atoms with Crippen molar-refractivity contribution in [3.05, 3.63) is 17.7 Å². The Labute approximate surface area is 123 Å². The number of nitrogens with zero attached hydrogens (tertiary/aromatic N) is 1. The topological polar surface area (TPSA) is 76.1 Å². The smallest absolute Gasteiger partial charge is 0.265 e. The summed E-state index contributed by atoms with van der Waals surface area (Å²) in [5.74, 6) is 0.525. The Morgan fingerprint density at radius 2 is 2.24 bits per heavy atom. The fraction of sp³-hybridized carbons (Fsp3) is 0.467. The Bertz CT molecular complexity index is 555. The van der Waals surface area contributed by atoms with E-state index in [4.69, 9.17) is 9.47 Å². The summed E-state index contributed by atoms with van der Waals surface area (Å²) in [6.07, 6.45) is 0.828. The largest absolute Gasteiger partial charge is 0.490 e. The van der Waals surface area contributed by atoms with Crippen molar-refractivity contribution in [1.29, 1.82) is 0 Å². The molecular weight excluding hydrogens is 274 g/mol. The fourth-order valence-corrected chi connectivity index (χ4v) is 2.14. The molecule has 0 atom stereocenters. The molecule has 0 saturated carbocycles. The van der Waals surface area contributed by atoms with Gasteiger partial charge in [0.25, 0.3) is 5.91 Å². The molecule has 1 aromatic carbocycles. The molecule has 1 aliphatic heterocycles. The molecule has 6 nitrogen and oxygen atoms in total. The van der Waals surface area contributed by atoms with Gasteiger partial charge in [0.05, 0.1) is 25.4 Å². The summed E-state index contributed by atoms with van der Waals surface area (Å²) in [7, 11) is 0. The van der Waals surface area contributed by atoms with Crippen LogP contribution in [0.25, 0.3) is 0 Å². The van der Waals surface area contributed by atoms with Crippen LogP contribution in [0.4, 0.5) is 5.69 Å². The van der Waals surface area contributed by atoms with E-state index in [9.17, 15) is 14.7 Å². The molecule has 0 aromatic heterocycles. The third-order valence-electron chi connectivity index (χ3n) is 3.05. The van der Waals surface area contributed by atoms with Crippen molar-refractivity contribution < 1.29 is 24.2 Å². The summed E-state index contributed by atoms with van der Waals surface area (Å²) in [6, 6.07) is 3.34. The molecule has 1 aliphatic rings. The minimum absolute atomic E-state index is 0.0166. The van der Waals surface area contributed by atoms with Gasteiger partial charge in [-0.3, -0.25) is 14.5 Å². The molecule has 6 heteroatoms. The quantitative estimate of drug-likeness (QED) is 0.855. The van der Waals surface area contributed by atoms with Gasteiger partial charge in [-0.05, 0) is 31.0 Å². The first-order valence-corrected chi connectivity index (χ1v) is 6.90. The van der Waals surface area contributed by atoms with Crippen LogP contribution in [0, 0.1) is 0 Å². The van der Waals surface area contributed by atoms with Crippen LogP contribution in [0.15, 0.2) is 12.1 Å². The van der Waals surface area contributed by atoms with Gasteiger partial charge >= 0.3 is 0 Å². The van der Waals surface area contributed by atoms with E-state index in [0.29, 0.717) is 29.4 Å². The highest BCUT2D eigenvalue weighted by atomic mass is 16.5. The first-order chi connectivity index (χ1) is 10.1. The normalized spacial score (nSPS) is 13.7. The minimum Gasteiger partial charge on any atom is -0.490 e. The van der Waals surface area contributed by atoms with E-state index in [2.05, 4.69) is 0 Å². The van der Waals surface area contributed by atoms with Crippen LogP contribution < -0.4 is 14.4 Å². The molecule has 0 aliphatic carbocycles. The average Bonchev–Trinajstić information content (AvgIpc) is 2.47. The van der Waals surface area contributed by atoms with Crippen molar-refractivity contribution in [2.75, 3.05) is 24.7 Å². The van der Waals surface area contributed by atoms with Crippen molar-refractivity contribution in [1.82, 2.24) is 0 Å². The van der Waals surface area contributed by atoms with Crippen LogP contribution in [0.1, 0.15) is 25.8 Å². The van der Waals surface area contributed by atoms with Gasteiger partial charge in [-0.1, -0.05) is 6.92 Å². The second-order valence-corrected chi connectivity index (χ2v) is 4.92. The van der Waals surface area contributed by atoms with Crippen molar-refractivity contribution in [3.63, 3.8) is 0 Å². The number of amides is 1. The molecule has 1 amide bonds. The lowest BCUT2D eigenvalue weighted by atomic mass is 10.1. The molecular formula is C15H19NO5. The SMILES string of the molecule is CCCOc1cc(CO)cc2c1OCC(=O)N2CC(C)=O. The van der Waals surface area contributed by atoms with Gasteiger partial charge in [0.1, 0.15) is 5.78 Å². The second kappa shape index (κ2) is 6.58. The molecule has 1 heterocycles. The zero-order chi connectivity index (χ0) is 15.4. The lowest BCUT2D eigenvalue weighted by molar-refractivity contribution is -0.124. The maximum absolute atomic E-state index is 12.0. The van der Waals surface area contributed by atoms with Crippen LogP contribution in [-0.4, -0.2) is 36.6 Å². The molecule has 0 fully saturated rings. The Morgan fingerprint density at radius 3 is 2.86 bits per heavy atom. The second-order valence-electron chi connectivity index (χ2n) is 4.92. The predicted molar refractivity (Wildman–Crippen MR) is 76.7 cm³/mol. The molecule has 0 bridgehead atoms. The summed E-state index contributed by atoms with van der Waals surface area (Å²) < 4.78 is 11.1. The number of hydrogen-bond donors (Lipinski definition) is 1. The van der Waals surface area contributed by atoms with E-state index in [1.165, 1.54) is 11.8 Å². The number of aliphatic hydroxyl groups is 1. The number of ether oxygens (including phenoxy) is 2. The zero-order valence-corrected chi connectivity index (χ0v) is 12.2. The van der Waals surface area contributed by atoms with Crippen LogP contribution in [0.5, 0.6) is 11.5 Å². The number of rotatable bonds is 6. The highest BCUT2D eigenvalue weighted by Gasteiger charge is 2.29. The van der Waals surface area contributed by atoms with Gasteiger partial charge in [0, 0.05) is 0 Å². The van der Waals surface area contributed by atoms with Crippen molar-refractivity contribution in [2.45, 2.75) is 26.9 Å². The van der Waals surface area contributed by atoms with Gasteiger partial charge in [0.15, 0.2) is 18.1 Å². The maximum Gasteiger partial charge on any atom is 0.265 e. The predicted octanol–water partition coefficient (Wildman–Crippen LogP) is 1.28. The molecule has 0 saturated heterocycles. The van der Waals surface area contributed by atoms with E-state index >= 15 is 0 Å². The van der Waals surface area contributed by atoms with Gasteiger partial charge in [0.2, 0.25) is 0 Å². The zero-order valence-electron chi connectivity index (χ0n) is 12.2. The molecule has 0 radical (unpaired) electrons. The molecule has 114 valence electrons. The molecule has 1 aromatic rings. The number of benzene rings is 1. The van der Waals surface area contributed by atoms with Crippen molar-refractivity contribution in [3.8, 4) is 11.5 Å². The van der Waals surface area contributed by atoms with E-state index in [0.717, 1.165) is 6.42 Å². The van der Waals surface area contributed by atoms with Crippen molar-refractivity contribution >= 4 is 17.4 Å². The number of carbonyl (C=O) groups is 2. The summed E-state index contributed by atoms with van der Waals surface area (Å²) in [6.45, 7) is 3.59. The lowest BCUT2D eigenvalue weighted by Gasteiger charge is -2.30. The number of carbonyl (C=O) groups excluding carboxylic acids is 2. The standard InChI is InChI=1S/C15H19NO5/c1-3-4-20-13-6-11(8-17)5-12-15(13)21-9-14(19)16(12)7-10(2)18/h5-6,17H,3-4,7-9H2,1-2H3. The Hall–Kier alpha value is -2.08. The first-order valence-electron chi connectivity index (χ1n) is 6.90.